The van der Waals surface area contributed by atoms with Gasteiger partial charge < -0.3 is 14.2 Å². The Labute approximate surface area is 140 Å². The highest BCUT2D eigenvalue weighted by Gasteiger charge is 2.23. The highest BCUT2D eigenvalue weighted by molar-refractivity contribution is 6.07. The summed E-state index contributed by atoms with van der Waals surface area (Å²) in [5.74, 6) is 1.27. The van der Waals surface area contributed by atoms with Gasteiger partial charge in [0.2, 0.25) is 5.90 Å². The molecule has 3 rings (SSSR count). The van der Waals surface area contributed by atoms with Crippen molar-refractivity contribution < 1.29 is 19.0 Å². The molecule has 5 nitrogen and oxygen atoms in total. The fourth-order valence-electron chi connectivity index (χ4n) is 2.33. The maximum absolute atomic E-state index is 11.9. The SMILES string of the molecule is COc1ccc(/C=C2/N=C(COc3ccccc3)OC2=O)cc1C. The average Bonchev–Trinajstić information content (AvgIpc) is 2.94. The molecule has 122 valence electrons. The number of aliphatic imine (C=N–C) groups is 1. The second-order valence-electron chi connectivity index (χ2n) is 5.26. The summed E-state index contributed by atoms with van der Waals surface area (Å²) < 4.78 is 15.9. The van der Waals surface area contributed by atoms with Gasteiger partial charge in [-0.2, -0.15) is 0 Å². The second kappa shape index (κ2) is 7.00. The largest absolute Gasteiger partial charge is 0.496 e. The Hall–Kier alpha value is -3.08. The summed E-state index contributed by atoms with van der Waals surface area (Å²) >= 11 is 0. The van der Waals surface area contributed by atoms with Gasteiger partial charge in [-0.15, -0.1) is 0 Å². The van der Waals surface area contributed by atoms with Crippen LogP contribution >= 0.6 is 0 Å². The number of methoxy groups -OCH3 is 1. The lowest BCUT2D eigenvalue weighted by atomic mass is 10.1. The van der Waals surface area contributed by atoms with Crippen molar-refractivity contribution in [3.63, 3.8) is 0 Å². The molecule has 0 unspecified atom stereocenters. The van der Waals surface area contributed by atoms with Crippen LogP contribution in [0.25, 0.3) is 6.08 Å². The maximum Gasteiger partial charge on any atom is 0.363 e. The lowest BCUT2D eigenvalue weighted by Gasteiger charge is -2.04. The molecule has 24 heavy (non-hydrogen) atoms. The second-order valence-corrected chi connectivity index (χ2v) is 5.26. The summed E-state index contributed by atoms with van der Waals surface area (Å²) in [4.78, 5) is 16.1. The maximum atomic E-state index is 11.9. The molecule has 0 radical (unpaired) electrons. The number of ether oxygens (including phenoxy) is 3. The molecular formula is C19H17NO4. The van der Waals surface area contributed by atoms with E-state index in [4.69, 9.17) is 14.2 Å². The molecule has 0 atom stereocenters. The van der Waals surface area contributed by atoms with E-state index < -0.39 is 5.97 Å². The van der Waals surface area contributed by atoms with Crippen LogP contribution in [0.4, 0.5) is 0 Å². The van der Waals surface area contributed by atoms with Gasteiger partial charge in [-0.05, 0) is 48.4 Å². The predicted molar refractivity (Wildman–Crippen MR) is 91.2 cm³/mol. The zero-order chi connectivity index (χ0) is 16.9. The van der Waals surface area contributed by atoms with E-state index in [0.717, 1.165) is 16.9 Å². The number of nitrogens with zero attached hydrogens (tertiary/aromatic N) is 1. The standard InChI is InChI=1S/C19H17NO4/c1-13-10-14(8-9-17(13)22-2)11-16-19(21)24-18(20-16)12-23-15-6-4-3-5-7-15/h3-11H,12H2,1-2H3/b16-11+. The van der Waals surface area contributed by atoms with E-state index in [2.05, 4.69) is 4.99 Å². The minimum Gasteiger partial charge on any atom is -0.496 e. The Morgan fingerprint density at radius 3 is 2.67 bits per heavy atom. The van der Waals surface area contributed by atoms with Gasteiger partial charge >= 0.3 is 5.97 Å². The molecule has 5 heteroatoms. The first-order valence-corrected chi connectivity index (χ1v) is 7.49. The topological polar surface area (TPSA) is 57.1 Å². The molecule has 0 aromatic heterocycles. The molecule has 2 aromatic carbocycles. The summed E-state index contributed by atoms with van der Waals surface area (Å²) in [5.41, 5.74) is 2.09. The molecule has 0 N–H and O–H groups in total. The summed E-state index contributed by atoms with van der Waals surface area (Å²) in [6.45, 7) is 2.05. The summed E-state index contributed by atoms with van der Waals surface area (Å²) in [6, 6.07) is 14.9. The van der Waals surface area contributed by atoms with Crippen molar-refractivity contribution in [1.29, 1.82) is 0 Å². The van der Waals surface area contributed by atoms with E-state index in [1.54, 1.807) is 13.2 Å². The average molecular weight is 323 g/mol. The molecule has 2 aromatic rings. The van der Waals surface area contributed by atoms with Gasteiger partial charge in [0.25, 0.3) is 0 Å². The normalized spacial score (nSPS) is 15.2. The zero-order valence-electron chi connectivity index (χ0n) is 13.5. The van der Waals surface area contributed by atoms with Crippen molar-refractivity contribution in [2.45, 2.75) is 6.92 Å². The van der Waals surface area contributed by atoms with Crippen molar-refractivity contribution in [3.05, 3.63) is 65.4 Å². The number of carbonyl (C=O) groups excluding carboxylic acids is 1. The number of rotatable bonds is 5. The van der Waals surface area contributed by atoms with Gasteiger partial charge in [0.15, 0.2) is 12.3 Å². The van der Waals surface area contributed by atoms with Gasteiger partial charge in [-0.1, -0.05) is 24.3 Å². The van der Waals surface area contributed by atoms with Crippen molar-refractivity contribution in [1.82, 2.24) is 0 Å². The van der Waals surface area contributed by atoms with Crippen LogP contribution in [0.3, 0.4) is 0 Å². The minimum atomic E-state index is -0.477. The van der Waals surface area contributed by atoms with Crippen LogP contribution < -0.4 is 9.47 Å². The zero-order valence-corrected chi connectivity index (χ0v) is 13.5. The number of cyclic esters (lactones) is 1. The van der Waals surface area contributed by atoms with E-state index >= 15 is 0 Å². The molecule has 1 aliphatic heterocycles. The fourth-order valence-corrected chi connectivity index (χ4v) is 2.33. The highest BCUT2D eigenvalue weighted by Crippen LogP contribution is 2.22. The molecule has 0 aliphatic carbocycles. The van der Waals surface area contributed by atoms with Crippen molar-refractivity contribution in [2.24, 2.45) is 4.99 Å². The van der Waals surface area contributed by atoms with Crippen molar-refractivity contribution in [2.75, 3.05) is 13.7 Å². The van der Waals surface area contributed by atoms with E-state index in [1.165, 1.54) is 0 Å². The molecular weight excluding hydrogens is 306 g/mol. The lowest BCUT2D eigenvalue weighted by Crippen LogP contribution is -2.13. The van der Waals surface area contributed by atoms with Crippen LogP contribution in [0.5, 0.6) is 11.5 Å². The molecule has 0 bridgehead atoms. The summed E-state index contributed by atoms with van der Waals surface area (Å²) in [7, 11) is 1.62. The van der Waals surface area contributed by atoms with Crippen LogP contribution in [-0.2, 0) is 9.53 Å². The van der Waals surface area contributed by atoms with Crippen LogP contribution in [0.2, 0.25) is 0 Å². The molecule has 0 saturated heterocycles. The number of aryl methyl sites for hydroxylation is 1. The van der Waals surface area contributed by atoms with E-state index in [9.17, 15) is 4.79 Å². The first-order chi connectivity index (χ1) is 11.7. The van der Waals surface area contributed by atoms with Gasteiger partial charge in [-0.25, -0.2) is 9.79 Å². The van der Waals surface area contributed by atoms with Crippen LogP contribution in [-0.4, -0.2) is 25.6 Å². The minimum absolute atomic E-state index is 0.106. The van der Waals surface area contributed by atoms with Gasteiger partial charge in [0.05, 0.1) is 7.11 Å². The number of carbonyl (C=O) groups is 1. The summed E-state index contributed by atoms with van der Waals surface area (Å²) in [6.07, 6.45) is 1.68. The Bertz CT molecular complexity index is 809. The van der Waals surface area contributed by atoms with E-state index in [0.29, 0.717) is 5.75 Å². The fraction of sp³-hybridized carbons (Fsp3) is 0.158. The molecule has 0 spiro atoms. The van der Waals surface area contributed by atoms with E-state index in [1.807, 2.05) is 55.5 Å². The Morgan fingerprint density at radius 1 is 1.17 bits per heavy atom. The van der Waals surface area contributed by atoms with Crippen LogP contribution in [0.15, 0.2) is 59.2 Å². The molecule has 1 heterocycles. The van der Waals surface area contributed by atoms with E-state index in [-0.39, 0.29) is 18.2 Å². The van der Waals surface area contributed by atoms with Crippen molar-refractivity contribution >= 4 is 17.9 Å². The van der Waals surface area contributed by atoms with Gasteiger partial charge in [0.1, 0.15) is 11.5 Å². The number of para-hydroxylation sites is 1. The number of hydrogen-bond acceptors (Lipinski definition) is 5. The molecule has 0 saturated carbocycles. The number of hydrogen-bond donors (Lipinski definition) is 0. The first kappa shape index (κ1) is 15.8. The van der Waals surface area contributed by atoms with Crippen molar-refractivity contribution in [3.8, 4) is 11.5 Å². The van der Waals surface area contributed by atoms with Crippen LogP contribution in [0, 0.1) is 6.92 Å². The third kappa shape index (κ3) is 3.63. The first-order valence-electron chi connectivity index (χ1n) is 7.49. The predicted octanol–water partition coefficient (Wildman–Crippen LogP) is 3.38. The number of benzene rings is 2. The third-order valence-electron chi connectivity index (χ3n) is 3.49. The summed E-state index contributed by atoms with van der Waals surface area (Å²) in [5, 5.41) is 0. The molecule has 1 aliphatic rings. The molecule has 0 amide bonds. The Kier molecular flexibility index (Phi) is 4.61. The smallest absolute Gasteiger partial charge is 0.363 e. The Balaban J connectivity index is 1.72. The van der Waals surface area contributed by atoms with Gasteiger partial charge in [0, 0.05) is 0 Å². The third-order valence-corrected chi connectivity index (χ3v) is 3.49. The van der Waals surface area contributed by atoms with Crippen LogP contribution in [0.1, 0.15) is 11.1 Å². The van der Waals surface area contributed by atoms with Gasteiger partial charge in [-0.3, -0.25) is 0 Å². The monoisotopic (exact) mass is 323 g/mol. The Morgan fingerprint density at radius 2 is 1.96 bits per heavy atom. The number of esters is 1. The lowest BCUT2D eigenvalue weighted by molar-refractivity contribution is -0.130. The molecule has 0 fully saturated rings. The highest BCUT2D eigenvalue weighted by atomic mass is 16.6. The quantitative estimate of drug-likeness (QED) is 0.625.